The number of halogens is 1. The Morgan fingerprint density at radius 2 is 1.92 bits per heavy atom. The van der Waals surface area contributed by atoms with Crippen molar-refractivity contribution in [2.75, 3.05) is 53.4 Å². The minimum absolute atomic E-state index is 0.0557. The molecule has 9 heteroatoms. The van der Waals surface area contributed by atoms with Crippen LogP contribution in [0.4, 0.5) is 0 Å². The van der Waals surface area contributed by atoms with Gasteiger partial charge in [-0.25, -0.2) is 17.9 Å². The van der Waals surface area contributed by atoms with Crippen LogP contribution < -0.4 is 4.72 Å². The zero-order chi connectivity index (χ0) is 19.2. The maximum atomic E-state index is 12.4. The first-order valence-electron chi connectivity index (χ1n) is 8.62. The molecule has 0 bridgehead atoms. The van der Waals surface area contributed by atoms with E-state index in [1.807, 2.05) is 0 Å². The van der Waals surface area contributed by atoms with E-state index in [1.165, 1.54) is 25.3 Å². The molecular weight excluding hydrogens is 422 g/mol. The van der Waals surface area contributed by atoms with E-state index in [4.69, 9.17) is 0 Å². The van der Waals surface area contributed by atoms with E-state index in [0.717, 1.165) is 45.6 Å². The van der Waals surface area contributed by atoms with Crippen LogP contribution in [0.25, 0.3) is 0 Å². The van der Waals surface area contributed by atoms with Gasteiger partial charge in [0.05, 0.1) is 17.6 Å². The molecule has 0 amide bonds. The Morgan fingerprint density at radius 1 is 1.23 bits per heavy atom. The Balaban J connectivity index is 1.82. The maximum Gasteiger partial charge on any atom is 0.339 e. The third kappa shape index (κ3) is 6.02. The molecule has 0 spiro atoms. The summed E-state index contributed by atoms with van der Waals surface area (Å²) in [6.07, 6.45) is 1.71. The number of nitrogens with zero attached hydrogens (tertiary/aromatic N) is 2. The van der Waals surface area contributed by atoms with Crippen molar-refractivity contribution in [3.63, 3.8) is 0 Å². The number of benzene rings is 1. The van der Waals surface area contributed by atoms with Gasteiger partial charge in [0.25, 0.3) is 0 Å². The predicted octanol–water partition coefficient (Wildman–Crippen LogP) is 1.54. The first kappa shape index (κ1) is 21.3. The van der Waals surface area contributed by atoms with Crippen LogP contribution in [0.1, 0.15) is 23.2 Å². The molecular formula is C17H26BrN3O4S. The van der Waals surface area contributed by atoms with E-state index in [1.54, 1.807) is 0 Å². The van der Waals surface area contributed by atoms with Gasteiger partial charge >= 0.3 is 5.97 Å². The van der Waals surface area contributed by atoms with Crippen LogP contribution in [0.15, 0.2) is 27.6 Å². The molecule has 1 aliphatic heterocycles. The fraction of sp³-hybridized carbons (Fsp3) is 0.588. The Morgan fingerprint density at radius 3 is 2.58 bits per heavy atom. The fourth-order valence-corrected chi connectivity index (χ4v) is 4.27. The maximum absolute atomic E-state index is 12.4. The number of carbonyl (C=O) groups is 1. The zero-order valence-corrected chi connectivity index (χ0v) is 17.6. The van der Waals surface area contributed by atoms with E-state index in [2.05, 4.69) is 42.2 Å². The van der Waals surface area contributed by atoms with E-state index in [-0.39, 0.29) is 10.5 Å². The lowest BCUT2D eigenvalue weighted by Crippen LogP contribution is -2.44. The number of hydrogen-bond acceptors (Lipinski definition) is 6. The standard InChI is InChI=1S/C17H26BrN3O4S/c1-20-9-11-21(12-10-20)8-4-3-7-19-26(23,24)14-5-6-16(18)15(13-14)17(22)25-2/h5-6,13,19H,3-4,7-12H2,1-2H3. The number of sulfonamides is 1. The van der Waals surface area contributed by atoms with Gasteiger partial charge < -0.3 is 14.5 Å². The monoisotopic (exact) mass is 447 g/mol. The highest BCUT2D eigenvalue weighted by atomic mass is 79.9. The SMILES string of the molecule is COC(=O)c1cc(S(=O)(=O)NCCCCN2CCN(C)CC2)ccc1Br. The molecule has 146 valence electrons. The number of rotatable bonds is 8. The summed E-state index contributed by atoms with van der Waals surface area (Å²) in [4.78, 5) is 16.5. The number of ether oxygens (including phenoxy) is 1. The number of carbonyl (C=O) groups excluding carboxylic acids is 1. The highest BCUT2D eigenvalue weighted by Gasteiger charge is 2.19. The van der Waals surface area contributed by atoms with Gasteiger partial charge in [-0.3, -0.25) is 0 Å². The molecule has 0 saturated carbocycles. The van der Waals surface area contributed by atoms with Gasteiger partial charge in [0, 0.05) is 37.2 Å². The Kier molecular flexibility index (Phi) is 8.03. The molecule has 1 saturated heterocycles. The topological polar surface area (TPSA) is 78.9 Å². The van der Waals surface area contributed by atoms with Gasteiger partial charge in [-0.2, -0.15) is 0 Å². The van der Waals surface area contributed by atoms with Crippen LogP contribution in [0.5, 0.6) is 0 Å². The van der Waals surface area contributed by atoms with Crippen LogP contribution in [0.2, 0.25) is 0 Å². The fourth-order valence-electron chi connectivity index (χ4n) is 2.76. The van der Waals surface area contributed by atoms with Crippen LogP contribution in [-0.2, 0) is 14.8 Å². The van der Waals surface area contributed by atoms with Crippen molar-refractivity contribution in [2.24, 2.45) is 0 Å². The van der Waals surface area contributed by atoms with Crippen molar-refractivity contribution in [3.05, 3.63) is 28.2 Å². The van der Waals surface area contributed by atoms with E-state index in [9.17, 15) is 13.2 Å². The first-order valence-corrected chi connectivity index (χ1v) is 10.9. The Labute approximate surface area is 163 Å². The number of likely N-dealkylation sites (N-methyl/N-ethyl adjacent to an activating group) is 1. The molecule has 1 N–H and O–H groups in total. The first-order chi connectivity index (χ1) is 12.3. The average Bonchev–Trinajstić information content (AvgIpc) is 2.62. The Bertz CT molecular complexity index is 719. The summed E-state index contributed by atoms with van der Waals surface area (Å²) >= 11 is 3.23. The minimum Gasteiger partial charge on any atom is -0.465 e. The number of esters is 1. The van der Waals surface area contributed by atoms with Crippen LogP contribution in [-0.4, -0.2) is 77.6 Å². The summed E-state index contributed by atoms with van der Waals surface area (Å²) in [6.45, 7) is 5.66. The molecule has 2 rings (SSSR count). The number of hydrogen-bond donors (Lipinski definition) is 1. The Hall–Kier alpha value is -1.00. The second-order valence-corrected chi connectivity index (χ2v) is 9.00. The normalized spacial score (nSPS) is 16.6. The van der Waals surface area contributed by atoms with Crippen molar-refractivity contribution in [1.29, 1.82) is 0 Å². The molecule has 26 heavy (non-hydrogen) atoms. The van der Waals surface area contributed by atoms with Gasteiger partial charge in [-0.05, 0) is 60.6 Å². The highest BCUT2D eigenvalue weighted by Crippen LogP contribution is 2.21. The van der Waals surface area contributed by atoms with Gasteiger partial charge in [-0.1, -0.05) is 0 Å². The predicted molar refractivity (Wildman–Crippen MR) is 104 cm³/mol. The summed E-state index contributed by atoms with van der Waals surface area (Å²) < 4.78 is 32.6. The van der Waals surface area contributed by atoms with Crippen molar-refractivity contribution < 1.29 is 17.9 Å². The second kappa shape index (κ2) is 9.80. The number of piperazine rings is 1. The molecule has 0 atom stereocenters. The third-order valence-corrected chi connectivity index (χ3v) is 6.59. The van der Waals surface area contributed by atoms with E-state index < -0.39 is 16.0 Å². The number of nitrogens with one attached hydrogen (secondary N) is 1. The average molecular weight is 448 g/mol. The second-order valence-electron chi connectivity index (χ2n) is 6.38. The zero-order valence-electron chi connectivity index (χ0n) is 15.2. The van der Waals surface area contributed by atoms with Gasteiger partial charge in [0.15, 0.2) is 0 Å². The van der Waals surface area contributed by atoms with Crippen molar-refractivity contribution in [2.45, 2.75) is 17.7 Å². The molecule has 1 aromatic rings. The lowest BCUT2D eigenvalue weighted by Gasteiger charge is -2.32. The molecule has 7 nitrogen and oxygen atoms in total. The van der Waals surface area contributed by atoms with E-state index in [0.29, 0.717) is 11.0 Å². The van der Waals surface area contributed by atoms with Crippen LogP contribution >= 0.6 is 15.9 Å². The van der Waals surface area contributed by atoms with Crippen LogP contribution in [0, 0.1) is 0 Å². The molecule has 1 aliphatic rings. The molecule has 0 radical (unpaired) electrons. The lowest BCUT2D eigenvalue weighted by molar-refractivity contribution is 0.0599. The highest BCUT2D eigenvalue weighted by molar-refractivity contribution is 9.10. The minimum atomic E-state index is -3.65. The largest absolute Gasteiger partial charge is 0.465 e. The molecule has 0 unspecified atom stereocenters. The molecule has 0 aliphatic carbocycles. The molecule has 1 aromatic carbocycles. The summed E-state index contributed by atoms with van der Waals surface area (Å²) in [5, 5.41) is 0. The van der Waals surface area contributed by atoms with Gasteiger partial charge in [0.1, 0.15) is 0 Å². The van der Waals surface area contributed by atoms with E-state index >= 15 is 0 Å². The molecule has 0 aromatic heterocycles. The number of methoxy groups -OCH3 is 1. The third-order valence-electron chi connectivity index (χ3n) is 4.44. The van der Waals surface area contributed by atoms with Crippen molar-refractivity contribution >= 4 is 31.9 Å². The van der Waals surface area contributed by atoms with Crippen molar-refractivity contribution in [1.82, 2.24) is 14.5 Å². The summed E-state index contributed by atoms with van der Waals surface area (Å²) in [5.74, 6) is -0.582. The smallest absolute Gasteiger partial charge is 0.339 e. The summed E-state index contributed by atoms with van der Waals surface area (Å²) in [6, 6.07) is 4.32. The quantitative estimate of drug-likeness (QED) is 0.480. The molecule has 1 heterocycles. The number of unbranched alkanes of at least 4 members (excludes halogenated alkanes) is 1. The van der Waals surface area contributed by atoms with Crippen LogP contribution in [0.3, 0.4) is 0 Å². The summed E-state index contributed by atoms with van der Waals surface area (Å²) in [5.41, 5.74) is 0.186. The lowest BCUT2D eigenvalue weighted by atomic mass is 10.2. The summed E-state index contributed by atoms with van der Waals surface area (Å²) in [7, 11) is -0.269. The van der Waals surface area contributed by atoms with Gasteiger partial charge in [-0.15, -0.1) is 0 Å². The molecule has 1 fully saturated rings. The van der Waals surface area contributed by atoms with Gasteiger partial charge in [0.2, 0.25) is 10.0 Å². The van der Waals surface area contributed by atoms with Crippen molar-refractivity contribution in [3.8, 4) is 0 Å².